The van der Waals surface area contributed by atoms with Crippen LogP contribution in [0.3, 0.4) is 0 Å². The van der Waals surface area contributed by atoms with E-state index in [-0.39, 0.29) is 22.9 Å². The zero-order valence-electron chi connectivity index (χ0n) is 14.0. The molecule has 0 radical (unpaired) electrons. The zero-order valence-corrected chi connectivity index (χ0v) is 14.0. The smallest absolute Gasteiger partial charge is 0.302 e. The first-order valence-electron chi connectivity index (χ1n) is 7.78. The van der Waals surface area contributed by atoms with Gasteiger partial charge in [-0.3, -0.25) is 4.79 Å². The third-order valence-electron chi connectivity index (χ3n) is 5.43. The molecule has 0 saturated heterocycles. The van der Waals surface area contributed by atoms with Crippen molar-refractivity contribution in [3.8, 4) is 11.5 Å². The average molecular weight is 304 g/mol. The molecule has 0 aromatic heterocycles. The molecule has 1 aromatic rings. The van der Waals surface area contributed by atoms with Gasteiger partial charge in [0.25, 0.3) is 0 Å². The molecule has 0 unspecified atom stereocenters. The van der Waals surface area contributed by atoms with Crippen molar-refractivity contribution in [1.29, 1.82) is 0 Å². The maximum Gasteiger partial charge on any atom is 0.302 e. The van der Waals surface area contributed by atoms with Gasteiger partial charge in [0.05, 0.1) is 13.7 Å². The predicted molar refractivity (Wildman–Crippen MR) is 83.5 cm³/mol. The molecule has 1 spiro atoms. The van der Waals surface area contributed by atoms with Gasteiger partial charge in [0.1, 0.15) is 17.6 Å². The summed E-state index contributed by atoms with van der Waals surface area (Å²) < 4.78 is 17.0. The van der Waals surface area contributed by atoms with E-state index in [0.29, 0.717) is 6.61 Å². The lowest BCUT2D eigenvalue weighted by atomic mass is 9.65. The maximum atomic E-state index is 11.3. The Kier molecular flexibility index (Phi) is 3.38. The molecule has 1 saturated carbocycles. The molecule has 1 aliphatic heterocycles. The highest BCUT2D eigenvalue weighted by Gasteiger charge is 2.58. The number of hydrogen-bond donors (Lipinski definition) is 0. The molecular formula is C18H24O4. The van der Waals surface area contributed by atoms with Gasteiger partial charge in [-0.2, -0.15) is 0 Å². The molecule has 2 atom stereocenters. The van der Waals surface area contributed by atoms with E-state index in [1.807, 2.05) is 6.92 Å². The standard InChI is InChI=1S/C18H24O4/c1-11-6-16-14(7-15(11)20-5)18(10-21-16)9-13(22-12(2)19)8-17(18,3)4/h6-7,13H,8-10H2,1-5H3/t13-,18+/m1/s1. The Morgan fingerprint density at radius 1 is 1.32 bits per heavy atom. The van der Waals surface area contributed by atoms with Gasteiger partial charge >= 0.3 is 5.97 Å². The first-order chi connectivity index (χ1) is 10.3. The molecule has 2 aliphatic rings. The molecule has 4 nitrogen and oxygen atoms in total. The first-order valence-corrected chi connectivity index (χ1v) is 7.78. The summed E-state index contributed by atoms with van der Waals surface area (Å²) in [5.74, 6) is 1.61. The highest BCUT2D eigenvalue weighted by molar-refractivity contribution is 5.66. The van der Waals surface area contributed by atoms with E-state index in [1.54, 1.807) is 7.11 Å². The number of hydrogen-bond acceptors (Lipinski definition) is 4. The molecule has 1 fully saturated rings. The van der Waals surface area contributed by atoms with E-state index in [4.69, 9.17) is 14.2 Å². The van der Waals surface area contributed by atoms with Crippen LogP contribution in [-0.4, -0.2) is 25.8 Å². The summed E-state index contributed by atoms with van der Waals surface area (Å²) in [6, 6.07) is 4.16. The van der Waals surface area contributed by atoms with Gasteiger partial charge < -0.3 is 14.2 Å². The highest BCUT2D eigenvalue weighted by atomic mass is 16.5. The monoisotopic (exact) mass is 304 g/mol. The summed E-state index contributed by atoms with van der Waals surface area (Å²) in [4.78, 5) is 11.3. The first kappa shape index (κ1) is 15.2. The summed E-state index contributed by atoms with van der Waals surface area (Å²) in [6.07, 6.45) is 1.61. The third kappa shape index (κ3) is 2.08. The number of benzene rings is 1. The Bertz CT molecular complexity index is 620. The summed E-state index contributed by atoms with van der Waals surface area (Å²) in [5.41, 5.74) is 2.14. The molecule has 0 N–H and O–H groups in total. The zero-order chi connectivity index (χ0) is 16.1. The Labute approximate surface area is 131 Å². The lowest BCUT2D eigenvalue weighted by Gasteiger charge is -2.36. The molecular weight excluding hydrogens is 280 g/mol. The van der Waals surface area contributed by atoms with Crippen LogP contribution < -0.4 is 9.47 Å². The number of ether oxygens (including phenoxy) is 3. The van der Waals surface area contributed by atoms with Crippen molar-refractivity contribution < 1.29 is 19.0 Å². The van der Waals surface area contributed by atoms with Gasteiger partial charge in [0.15, 0.2) is 0 Å². The van der Waals surface area contributed by atoms with Gasteiger partial charge in [-0.15, -0.1) is 0 Å². The van der Waals surface area contributed by atoms with Crippen molar-refractivity contribution in [2.24, 2.45) is 5.41 Å². The number of rotatable bonds is 2. The van der Waals surface area contributed by atoms with E-state index in [9.17, 15) is 4.79 Å². The van der Waals surface area contributed by atoms with Gasteiger partial charge in [0, 0.05) is 17.9 Å². The molecule has 3 rings (SSSR count). The molecule has 4 heteroatoms. The van der Waals surface area contributed by atoms with Crippen molar-refractivity contribution in [1.82, 2.24) is 0 Å². The van der Waals surface area contributed by atoms with Gasteiger partial charge in [-0.1, -0.05) is 13.8 Å². The van der Waals surface area contributed by atoms with Crippen molar-refractivity contribution in [3.63, 3.8) is 0 Å². The van der Waals surface area contributed by atoms with Crippen molar-refractivity contribution in [3.05, 3.63) is 23.3 Å². The summed E-state index contributed by atoms with van der Waals surface area (Å²) in [5, 5.41) is 0. The van der Waals surface area contributed by atoms with E-state index in [1.165, 1.54) is 12.5 Å². The number of carbonyl (C=O) groups is 1. The topological polar surface area (TPSA) is 44.8 Å². The van der Waals surface area contributed by atoms with E-state index >= 15 is 0 Å². The highest BCUT2D eigenvalue weighted by Crippen LogP contribution is 2.60. The summed E-state index contributed by atoms with van der Waals surface area (Å²) >= 11 is 0. The van der Waals surface area contributed by atoms with Crippen LogP contribution in [0.2, 0.25) is 0 Å². The molecule has 120 valence electrons. The fraction of sp³-hybridized carbons (Fsp3) is 0.611. The predicted octanol–water partition coefficient (Wildman–Crippen LogP) is 3.39. The van der Waals surface area contributed by atoms with Crippen LogP contribution in [-0.2, 0) is 14.9 Å². The SMILES string of the molecule is COc1cc2c(cc1C)OC[C@@]21C[C@H](OC(C)=O)CC1(C)C. The second-order valence-corrected chi connectivity index (χ2v) is 7.21. The van der Waals surface area contributed by atoms with Crippen LogP contribution in [0.1, 0.15) is 44.7 Å². The van der Waals surface area contributed by atoms with Crippen LogP contribution in [0.15, 0.2) is 12.1 Å². The molecule has 1 aliphatic carbocycles. The number of carbonyl (C=O) groups excluding carboxylic acids is 1. The largest absolute Gasteiger partial charge is 0.496 e. The average Bonchev–Trinajstić information content (AvgIpc) is 2.87. The Hall–Kier alpha value is -1.71. The minimum absolute atomic E-state index is 0.00135. The molecule has 22 heavy (non-hydrogen) atoms. The van der Waals surface area contributed by atoms with Crippen LogP contribution >= 0.6 is 0 Å². The summed E-state index contributed by atoms with van der Waals surface area (Å²) in [6.45, 7) is 8.61. The Balaban J connectivity index is 2.04. The normalized spacial score (nSPS) is 28.3. The lowest BCUT2D eigenvalue weighted by Crippen LogP contribution is -2.38. The van der Waals surface area contributed by atoms with Crippen molar-refractivity contribution in [2.45, 2.75) is 52.1 Å². The van der Waals surface area contributed by atoms with Crippen LogP contribution in [0.25, 0.3) is 0 Å². The van der Waals surface area contributed by atoms with Crippen molar-refractivity contribution >= 4 is 5.97 Å². The molecule has 0 bridgehead atoms. The number of esters is 1. The van der Waals surface area contributed by atoms with Crippen LogP contribution in [0, 0.1) is 12.3 Å². The van der Waals surface area contributed by atoms with E-state index < -0.39 is 0 Å². The quantitative estimate of drug-likeness (QED) is 0.786. The Morgan fingerprint density at radius 3 is 2.68 bits per heavy atom. The van der Waals surface area contributed by atoms with Gasteiger partial charge in [0.2, 0.25) is 0 Å². The maximum absolute atomic E-state index is 11.3. The van der Waals surface area contributed by atoms with E-state index in [0.717, 1.165) is 29.9 Å². The van der Waals surface area contributed by atoms with Crippen molar-refractivity contribution in [2.75, 3.05) is 13.7 Å². The second kappa shape index (κ2) is 4.90. The number of aryl methyl sites for hydroxylation is 1. The molecule has 0 amide bonds. The summed E-state index contributed by atoms with van der Waals surface area (Å²) in [7, 11) is 1.69. The number of fused-ring (bicyclic) bond motifs is 2. The van der Waals surface area contributed by atoms with E-state index in [2.05, 4.69) is 26.0 Å². The van der Waals surface area contributed by atoms with Crippen LogP contribution in [0.4, 0.5) is 0 Å². The molecule has 1 heterocycles. The second-order valence-electron chi connectivity index (χ2n) is 7.21. The van der Waals surface area contributed by atoms with Crippen LogP contribution in [0.5, 0.6) is 11.5 Å². The minimum atomic E-state index is -0.210. The Morgan fingerprint density at radius 2 is 2.05 bits per heavy atom. The fourth-order valence-electron chi connectivity index (χ4n) is 4.20. The number of methoxy groups -OCH3 is 1. The van der Waals surface area contributed by atoms with Gasteiger partial charge in [-0.05, 0) is 42.9 Å². The fourth-order valence-corrected chi connectivity index (χ4v) is 4.20. The van der Waals surface area contributed by atoms with Gasteiger partial charge in [-0.25, -0.2) is 0 Å². The molecule has 1 aromatic carbocycles. The third-order valence-corrected chi connectivity index (χ3v) is 5.43. The minimum Gasteiger partial charge on any atom is -0.496 e. The lowest BCUT2D eigenvalue weighted by molar-refractivity contribution is -0.146.